The highest BCUT2D eigenvalue weighted by molar-refractivity contribution is 5.80. The van der Waals surface area contributed by atoms with E-state index in [2.05, 4.69) is 5.32 Å². The molecule has 0 aliphatic rings. The summed E-state index contributed by atoms with van der Waals surface area (Å²) >= 11 is 0. The van der Waals surface area contributed by atoms with Gasteiger partial charge in [-0.1, -0.05) is 19.1 Å². The Morgan fingerprint density at radius 2 is 1.89 bits per heavy atom. The number of nitrogens with one attached hydrogen (secondary N) is 1. The summed E-state index contributed by atoms with van der Waals surface area (Å²) in [6, 6.07) is 6.85. The van der Waals surface area contributed by atoms with E-state index in [0.717, 1.165) is 0 Å². The molecule has 0 fully saturated rings. The summed E-state index contributed by atoms with van der Waals surface area (Å²) in [6.07, 6.45) is 0. The Bertz CT molecular complexity index is 382. The summed E-state index contributed by atoms with van der Waals surface area (Å²) in [5, 5.41) is 2.96. The van der Waals surface area contributed by atoms with Gasteiger partial charge in [-0.2, -0.15) is 0 Å². The maximum absolute atomic E-state index is 11.2. The summed E-state index contributed by atoms with van der Waals surface area (Å²) in [4.78, 5) is 11.2. The average Bonchev–Trinajstić information content (AvgIpc) is 2.36. The molecule has 0 radical (unpaired) electrons. The summed E-state index contributed by atoms with van der Waals surface area (Å²) in [5.41, 5.74) is 5.27. The minimum Gasteiger partial charge on any atom is -0.490 e. The highest BCUT2D eigenvalue weighted by atomic mass is 16.5. The monoisotopic (exact) mass is 252 g/mol. The standard InChI is InChI=1S/C13H20N2O3/c1-3-15-10(13(14)16)9-18-12-8-6-5-7-11(12)17-4-2/h5-8,10,15H,3-4,9H2,1-2H3,(H2,14,16). The molecule has 0 aromatic heterocycles. The van der Waals surface area contributed by atoms with Crippen LogP contribution in [0, 0.1) is 0 Å². The molecule has 0 aliphatic heterocycles. The summed E-state index contributed by atoms with van der Waals surface area (Å²) in [5.74, 6) is 0.856. The third kappa shape index (κ3) is 4.25. The number of nitrogens with two attached hydrogens (primary N) is 1. The van der Waals surface area contributed by atoms with Crippen LogP contribution in [-0.4, -0.2) is 31.7 Å². The highest BCUT2D eigenvalue weighted by Gasteiger charge is 2.15. The van der Waals surface area contributed by atoms with Gasteiger partial charge in [-0.05, 0) is 25.6 Å². The molecule has 5 nitrogen and oxygen atoms in total. The summed E-state index contributed by atoms with van der Waals surface area (Å²) in [7, 11) is 0. The van der Waals surface area contributed by atoms with Crippen LogP contribution in [0.4, 0.5) is 0 Å². The lowest BCUT2D eigenvalue weighted by molar-refractivity contribution is -0.120. The molecule has 1 amide bonds. The Morgan fingerprint density at radius 3 is 2.39 bits per heavy atom. The summed E-state index contributed by atoms with van der Waals surface area (Å²) < 4.78 is 11.0. The lowest BCUT2D eigenvalue weighted by Crippen LogP contribution is -2.45. The fourth-order valence-corrected chi connectivity index (χ4v) is 1.51. The first kappa shape index (κ1) is 14.3. The molecule has 1 aromatic rings. The molecular formula is C13H20N2O3. The van der Waals surface area contributed by atoms with Crippen LogP contribution in [0.25, 0.3) is 0 Å². The number of likely N-dealkylation sites (N-methyl/N-ethyl adjacent to an activating group) is 1. The first-order valence-corrected chi connectivity index (χ1v) is 6.06. The Hall–Kier alpha value is -1.75. The predicted molar refractivity (Wildman–Crippen MR) is 69.8 cm³/mol. The molecule has 0 bridgehead atoms. The number of benzene rings is 1. The van der Waals surface area contributed by atoms with Crippen molar-refractivity contribution >= 4 is 5.91 Å². The zero-order valence-electron chi connectivity index (χ0n) is 10.8. The second kappa shape index (κ2) is 7.55. The third-order valence-electron chi connectivity index (χ3n) is 2.35. The predicted octanol–water partition coefficient (Wildman–Crippen LogP) is 0.927. The van der Waals surface area contributed by atoms with E-state index >= 15 is 0 Å². The quantitative estimate of drug-likeness (QED) is 0.721. The van der Waals surface area contributed by atoms with E-state index < -0.39 is 11.9 Å². The molecule has 1 unspecified atom stereocenters. The van der Waals surface area contributed by atoms with Crippen LogP contribution in [0.15, 0.2) is 24.3 Å². The van der Waals surface area contributed by atoms with E-state index in [1.54, 1.807) is 6.07 Å². The number of carbonyl (C=O) groups excluding carboxylic acids is 1. The molecule has 1 atom stereocenters. The Balaban J connectivity index is 2.63. The van der Waals surface area contributed by atoms with Gasteiger partial charge in [-0.3, -0.25) is 4.79 Å². The van der Waals surface area contributed by atoms with Crippen LogP contribution >= 0.6 is 0 Å². The van der Waals surface area contributed by atoms with E-state index in [9.17, 15) is 4.79 Å². The van der Waals surface area contributed by atoms with Crippen molar-refractivity contribution in [3.8, 4) is 11.5 Å². The van der Waals surface area contributed by atoms with Gasteiger partial charge in [0.1, 0.15) is 12.6 Å². The fourth-order valence-electron chi connectivity index (χ4n) is 1.51. The van der Waals surface area contributed by atoms with Crippen LogP contribution in [-0.2, 0) is 4.79 Å². The van der Waals surface area contributed by atoms with Crippen molar-refractivity contribution in [1.29, 1.82) is 0 Å². The smallest absolute Gasteiger partial charge is 0.238 e. The number of hydrogen-bond acceptors (Lipinski definition) is 4. The van der Waals surface area contributed by atoms with Crippen molar-refractivity contribution < 1.29 is 14.3 Å². The third-order valence-corrected chi connectivity index (χ3v) is 2.35. The molecule has 18 heavy (non-hydrogen) atoms. The normalized spacial score (nSPS) is 11.9. The number of primary amides is 1. The lowest BCUT2D eigenvalue weighted by Gasteiger charge is -2.16. The maximum Gasteiger partial charge on any atom is 0.238 e. The largest absolute Gasteiger partial charge is 0.490 e. The molecular weight excluding hydrogens is 232 g/mol. The highest BCUT2D eigenvalue weighted by Crippen LogP contribution is 2.26. The minimum atomic E-state index is -0.496. The van der Waals surface area contributed by atoms with Crippen LogP contribution in [0.3, 0.4) is 0 Å². The van der Waals surface area contributed by atoms with Gasteiger partial charge in [0.05, 0.1) is 6.61 Å². The Morgan fingerprint density at radius 1 is 1.28 bits per heavy atom. The number of carbonyl (C=O) groups is 1. The van der Waals surface area contributed by atoms with Gasteiger partial charge in [0.25, 0.3) is 0 Å². The van der Waals surface area contributed by atoms with Crippen molar-refractivity contribution in [3.05, 3.63) is 24.3 Å². The van der Waals surface area contributed by atoms with E-state index in [0.29, 0.717) is 24.7 Å². The average molecular weight is 252 g/mol. The van der Waals surface area contributed by atoms with Crippen LogP contribution in [0.2, 0.25) is 0 Å². The number of hydrogen-bond donors (Lipinski definition) is 2. The molecule has 100 valence electrons. The van der Waals surface area contributed by atoms with Gasteiger partial charge in [-0.15, -0.1) is 0 Å². The van der Waals surface area contributed by atoms with Gasteiger partial charge in [0.15, 0.2) is 11.5 Å². The van der Waals surface area contributed by atoms with Crippen molar-refractivity contribution in [3.63, 3.8) is 0 Å². The molecule has 0 saturated heterocycles. The molecule has 3 N–H and O–H groups in total. The van der Waals surface area contributed by atoms with Crippen molar-refractivity contribution in [2.45, 2.75) is 19.9 Å². The molecule has 0 aliphatic carbocycles. The van der Waals surface area contributed by atoms with Crippen molar-refractivity contribution in [1.82, 2.24) is 5.32 Å². The SMILES string of the molecule is CCNC(COc1ccccc1OCC)C(N)=O. The van der Waals surface area contributed by atoms with Crippen LogP contribution < -0.4 is 20.5 Å². The molecule has 0 spiro atoms. The molecule has 5 heteroatoms. The van der Waals surface area contributed by atoms with E-state index in [-0.39, 0.29) is 6.61 Å². The maximum atomic E-state index is 11.2. The number of rotatable bonds is 8. The number of ether oxygens (including phenoxy) is 2. The Kier molecular flexibility index (Phi) is 6.00. The van der Waals surface area contributed by atoms with Gasteiger partial charge in [-0.25, -0.2) is 0 Å². The fraction of sp³-hybridized carbons (Fsp3) is 0.462. The van der Waals surface area contributed by atoms with Gasteiger partial charge in [0, 0.05) is 0 Å². The van der Waals surface area contributed by atoms with Gasteiger partial charge < -0.3 is 20.5 Å². The molecule has 0 saturated carbocycles. The second-order valence-corrected chi connectivity index (χ2v) is 3.70. The van der Waals surface area contributed by atoms with Crippen molar-refractivity contribution in [2.24, 2.45) is 5.73 Å². The van der Waals surface area contributed by atoms with E-state index in [1.807, 2.05) is 32.0 Å². The second-order valence-electron chi connectivity index (χ2n) is 3.70. The zero-order chi connectivity index (χ0) is 13.4. The minimum absolute atomic E-state index is 0.188. The van der Waals surface area contributed by atoms with Crippen molar-refractivity contribution in [2.75, 3.05) is 19.8 Å². The molecule has 1 rings (SSSR count). The Labute approximate surface area is 107 Å². The first-order chi connectivity index (χ1) is 8.69. The number of para-hydroxylation sites is 2. The molecule has 0 heterocycles. The van der Waals surface area contributed by atoms with Gasteiger partial charge in [0.2, 0.25) is 5.91 Å². The first-order valence-electron chi connectivity index (χ1n) is 6.06. The lowest BCUT2D eigenvalue weighted by atomic mass is 10.3. The van der Waals surface area contributed by atoms with E-state index in [4.69, 9.17) is 15.2 Å². The van der Waals surface area contributed by atoms with Crippen LogP contribution in [0.1, 0.15) is 13.8 Å². The number of amides is 1. The topological polar surface area (TPSA) is 73.6 Å². The van der Waals surface area contributed by atoms with Gasteiger partial charge >= 0.3 is 0 Å². The molecule has 1 aromatic carbocycles. The van der Waals surface area contributed by atoms with E-state index in [1.165, 1.54) is 0 Å². The van der Waals surface area contributed by atoms with Crippen LogP contribution in [0.5, 0.6) is 11.5 Å². The zero-order valence-corrected chi connectivity index (χ0v) is 10.8. The summed E-state index contributed by atoms with van der Waals surface area (Å²) in [6.45, 7) is 5.22.